The number of thiazole rings is 1. The van der Waals surface area contributed by atoms with E-state index in [0.717, 1.165) is 22.5 Å². The van der Waals surface area contributed by atoms with Gasteiger partial charge in [0.1, 0.15) is 0 Å². The maximum absolute atomic E-state index is 12.7. The predicted molar refractivity (Wildman–Crippen MR) is 117 cm³/mol. The third-order valence-electron chi connectivity index (χ3n) is 4.68. The minimum absolute atomic E-state index is 0.122. The largest absolute Gasteiger partial charge is 0.291 e. The number of aryl methyl sites for hydroxylation is 2. The summed E-state index contributed by atoms with van der Waals surface area (Å²) in [6, 6.07) is 16.1. The number of aromatic nitrogens is 1. The first-order chi connectivity index (χ1) is 13.7. The van der Waals surface area contributed by atoms with Gasteiger partial charge in [0.25, 0.3) is 10.0 Å². The Balaban J connectivity index is 1.75. The maximum atomic E-state index is 12.7. The number of nitrogens with zero attached hydrogens (tertiary/aromatic N) is 2. The Morgan fingerprint density at radius 3 is 2.38 bits per heavy atom. The lowest BCUT2D eigenvalue weighted by Crippen LogP contribution is -2.27. The van der Waals surface area contributed by atoms with Crippen LogP contribution in [0, 0.1) is 13.8 Å². The molecule has 1 amide bonds. The van der Waals surface area contributed by atoms with E-state index < -0.39 is 10.0 Å². The first-order valence-corrected chi connectivity index (χ1v) is 11.4. The van der Waals surface area contributed by atoms with E-state index in [1.807, 2.05) is 36.4 Å². The second kappa shape index (κ2) is 8.44. The number of amides is 1. The average Bonchev–Trinajstić information content (AvgIpc) is 3.11. The summed E-state index contributed by atoms with van der Waals surface area (Å²) in [6.45, 7) is 3.69. The standard InChI is InChI=1S/C21H23N3O3S2/c1-14-7-5-6-8-18(14)17-11-9-16(10-12-17)13-19(25)24(4)21-23-15(2)20(28-21)29(26,27)22-3/h5-12,22H,13H2,1-4H3. The van der Waals surface area contributed by atoms with Crippen LogP contribution in [-0.2, 0) is 21.2 Å². The molecule has 3 aromatic rings. The smallest absolute Gasteiger partial charge is 0.251 e. The molecule has 1 N–H and O–H groups in total. The molecular weight excluding hydrogens is 406 g/mol. The van der Waals surface area contributed by atoms with E-state index >= 15 is 0 Å². The van der Waals surface area contributed by atoms with Gasteiger partial charge in [0.05, 0.1) is 12.1 Å². The normalized spacial score (nSPS) is 11.4. The number of benzene rings is 2. The van der Waals surface area contributed by atoms with Gasteiger partial charge in [-0.1, -0.05) is 59.9 Å². The Bertz CT molecular complexity index is 1140. The molecule has 0 radical (unpaired) electrons. The van der Waals surface area contributed by atoms with E-state index in [0.29, 0.717) is 10.8 Å². The summed E-state index contributed by atoms with van der Waals surface area (Å²) in [6.07, 6.45) is 0.206. The highest BCUT2D eigenvalue weighted by molar-refractivity contribution is 7.91. The first-order valence-electron chi connectivity index (χ1n) is 9.05. The molecule has 0 atom stereocenters. The summed E-state index contributed by atoms with van der Waals surface area (Å²) in [5.41, 5.74) is 4.73. The van der Waals surface area contributed by atoms with E-state index in [1.165, 1.54) is 23.1 Å². The van der Waals surface area contributed by atoms with Crippen molar-refractivity contribution in [2.75, 3.05) is 19.0 Å². The summed E-state index contributed by atoms with van der Waals surface area (Å²) in [7, 11) is -0.633. The second-order valence-electron chi connectivity index (χ2n) is 6.72. The Kier molecular flexibility index (Phi) is 6.16. The molecule has 0 bridgehead atoms. The Morgan fingerprint density at radius 1 is 1.10 bits per heavy atom. The fourth-order valence-electron chi connectivity index (χ4n) is 2.95. The van der Waals surface area contributed by atoms with Crippen molar-refractivity contribution in [3.8, 4) is 11.1 Å². The van der Waals surface area contributed by atoms with Gasteiger partial charge in [0, 0.05) is 7.05 Å². The van der Waals surface area contributed by atoms with Gasteiger partial charge in [-0.15, -0.1) is 0 Å². The van der Waals surface area contributed by atoms with E-state index in [9.17, 15) is 13.2 Å². The van der Waals surface area contributed by atoms with Crippen molar-refractivity contribution in [1.82, 2.24) is 9.71 Å². The predicted octanol–water partition coefficient (Wildman–Crippen LogP) is 3.54. The van der Waals surface area contributed by atoms with Gasteiger partial charge in [0.2, 0.25) is 5.91 Å². The van der Waals surface area contributed by atoms with Crippen LogP contribution in [0.2, 0.25) is 0 Å². The van der Waals surface area contributed by atoms with Gasteiger partial charge in [-0.25, -0.2) is 18.1 Å². The zero-order valence-corrected chi connectivity index (χ0v) is 18.4. The number of carbonyl (C=O) groups is 1. The van der Waals surface area contributed by atoms with Crippen LogP contribution in [-0.4, -0.2) is 33.4 Å². The van der Waals surface area contributed by atoms with Crippen LogP contribution < -0.4 is 9.62 Å². The number of carbonyl (C=O) groups excluding carboxylic acids is 1. The lowest BCUT2D eigenvalue weighted by Gasteiger charge is -2.14. The van der Waals surface area contributed by atoms with Crippen molar-refractivity contribution in [3.63, 3.8) is 0 Å². The van der Waals surface area contributed by atoms with Crippen LogP contribution in [0.15, 0.2) is 52.7 Å². The number of rotatable bonds is 6. The Morgan fingerprint density at radius 2 is 1.76 bits per heavy atom. The summed E-state index contributed by atoms with van der Waals surface area (Å²) in [5, 5.41) is 0.359. The summed E-state index contributed by atoms with van der Waals surface area (Å²) in [4.78, 5) is 18.3. The van der Waals surface area contributed by atoms with Crippen molar-refractivity contribution in [2.45, 2.75) is 24.5 Å². The fraction of sp³-hybridized carbons (Fsp3) is 0.238. The van der Waals surface area contributed by atoms with E-state index in [-0.39, 0.29) is 16.5 Å². The summed E-state index contributed by atoms with van der Waals surface area (Å²) >= 11 is 0.983. The van der Waals surface area contributed by atoms with E-state index in [1.54, 1.807) is 14.0 Å². The molecule has 3 rings (SSSR count). The maximum Gasteiger partial charge on any atom is 0.251 e. The number of hydrogen-bond acceptors (Lipinski definition) is 5. The molecular formula is C21H23N3O3S2. The van der Waals surface area contributed by atoms with Crippen LogP contribution in [0.3, 0.4) is 0 Å². The summed E-state index contributed by atoms with van der Waals surface area (Å²) < 4.78 is 26.5. The number of likely N-dealkylation sites (N-methyl/N-ethyl adjacent to an activating group) is 1. The monoisotopic (exact) mass is 429 g/mol. The van der Waals surface area contributed by atoms with Gasteiger partial charge in [-0.2, -0.15) is 0 Å². The van der Waals surface area contributed by atoms with Gasteiger partial charge in [-0.3, -0.25) is 9.69 Å². The highest BCUT2D eigenvalue weighted by atomic mass is 32.2. The second-order valence-corrected chi connectivity index (χ2v) is 9.78. The van der Waals surface area contributed by atoms with E-state index in [4.69, 9.17) is 0 Å². The number of sulfonamides is 1. The van der Waals surface area contributed by atoms with Crippen LogP contribution in [0.1, 0.15) is 16.8 Å². The minimum Gasteiger partial charge on any atom is -0.291 e. The third kappa shape index (κ3) is 4.55. The lowest BCUT2D eigenvalue weighted by atomic mass is 9.99. The molecule has 0 saturated heterocycles. The molecule has 0 unspecified atom stereocenters. The first kappa shape index (κ1) is 21.2. The SMILES string of the molecule is CNS(=O)(=O)c1sc(N(C)C(=O)Cc2ccc(-c3ccccc3C)cc2)nc1C. The molecule has 0 fully saturated rings. The molecule has 2 aromatic carbocycles. The molecule has 0 aliphatic heterocycles. The highest BCUT2D eigenvalue weighted by Crippen LogP contribution is 2.29. The van der Waals surface area contributed by atoms with Crippen molar-refractivity contribution < 1.29 is 13.2 Å². The van der Waals surface area contributed by atoms with Crippen molar-refractivity contribution in [3.05, 3.63) is 65.4 Å². The van der Waals surface area contributed by atoms with Gasteiger partial charge >= 0.3 is 0 Å². The molecule has 8 heteroatoms. The van der Waals surface area contributed by atoms with Crippen LogP contribution >= 0.6 is 11.3 Å². The molecule has 6 nitrogen and oxygen atoms in total. The zero-order valence-electron chi connectivity index (χ0n) is 16.8. The Hall–Kier alpha value is -2.55. The van der Waals surface area contributed by atoms with Crippen LogP contribution in [0.25, 0.3) is 11.1 Å². The molecule has 0 aliphatic rings. The minimum atomic E-state index is -3.59. The fourth-order valence-corrected chi connectivity index (χ4v) is 5.27. The van der Waals surface area contributed by atoms with Crippen molar-refractivity contribution in [1.29, 1.82) is 0 Å². The van der Waals surface area contributed by atoms with Crippen molar-refractivity contribution in [2.24, 2.45) is 0 Å². The number of anilines is 1. The molecule has 152 valence electrons. The molecule has 0 saturated carbocycles. The summed E-state index contributed by atoms with van der Waals surface area (Å²) in [5.74, 6) is -0.157. The number of nitrogens with one attached hydrogen (secondary N) is 1. The van der Waals surface area contributed by atoms with E-state index in [2.05, 4.69) is 28.8 Å². The molecule has 0 aliphatic carbocycles. The third-order valence-corrected chi connectivity index (χ3v) is 7.94. The highest BCUT2D eigenvalue weighted by Gasteiger charge is 2.23. The molecule has 1 heterocycles. The Labute approximate surface area is 175 Å². The lowest BCUT2D eigenvalue weighted by molar-refractivity contribution is -0.117. The molecule has 0 spiro atoms. The van der Waals surface area contributed by atoms with Crippen LogP contribution in [0.4, 0.5) is 5.13 Å². The zero-order chi connectivity index (χ0) is 21.2. The average molecular weight is 430 g/mol. The molecule has 29 heavy (non-hydrogen) atoms. The molecule has 1 aromatic heterocycles. The van der Waals surface area contributed by atoms with Gasteiger partial charge in [0.15, 0.2) is 9.34 Å². The van der Waals surface area contributed by atoms with Gasteiger partial charge in [-0.05, 0) is 43.1 Å². The van der Waals surface area contributed by atoms with Crippen molar-refractivity contribution >= 4 is 32.4 Å². The quantitative estimate of drug-likeness (QED) is 0.650. The number of hydrogen-bond donors (Lipinski definition) is 1. The van der Waals surface area contributed by atoms with Crippen LogP contribution in [0.5, 0.6) is 0 Å². The van der Waals surface area contributed by atoms with Gasteiger partial charge < -0.3 is 0 Å². The topological polar surface area (TPSA) is 79.4 Å².